The Balaban J connectivity index is 4.64. The summed E-state index contributed by atoms with van der Waals surface area (Å²) in [5, 5.41) is 8.88. The van der Waals surface area contributed by atoms with Gasteiger partial charge in [0.25, 0.3) is 0 Å². The van der Waals surface area contributed by atoms with Crippen molar-refractivity contribution in [2.75, 3.05) is 19.8 Å². The number of ketones is 1. The minimum absolute atomic E-state index is 0.0415. The molecule has 0 aliphatic rings. The molecule has 59 heavy (non-hydrogen) atoms. The number of hydrogen-bond acceptors (Lipinski definition) is 10. The van der Waals surface area contributed by atoms with E-state index in [1.165, 1.54) is 19.3 Å². The van der Waals surface area contributed by atoms with Crippen LogP contribution < -0.4 is 5.73 Å². The van der Waals surface area contributed by atoms with Crippen LogP contribution in [0.4, 0.5) is 0 Å². The third-order valence-electron chi connectivity index (χ3n) is 8.28. The van der Waals surface area contributed by atoms with Crippen molar-refractivity contribution in [1.29, 1.82) is 0 Å². The third-order valence-corrected chi connectivity index (χ3v) is 9.23. The molecule has 0 aliphatic heterocycles. The molecule has 13 heteroatoms. The Bertz CT molecular complexity index is 1430. The quantitative estimate of drug-likeness (QED) is 0.0133. The number of carboxylic acids is 1. The number of rotatable bonds is 38. The van der Waals surface area contributed by atoms with E-state index in [-0.39, 0.29) is 18.6 Å². The molecule has 3 atom stereocenters. The zero-order chi connectivity index (χ0) is 43.7. The number of unbranched alkanes of at least 4 members (excludes halogenated alkanes) is 7. The number of esters is 2. The van der Waals surface area contributed by atoms with Gasteiger partial charge in [0, 0.05) is 19.3 Å². The Hall–Kier alpha value is -3.93. The summed E-state index contributed by atoms with van der Waals surface area (Å²) in [4.78, 5) is 57.6. The molecule has 0 rings (SSSR count). The van der Waals surface area contributed by atoms with E-state index in [2.05, 4.69) is 54.8 Å². The molecule has 0 aliphatic carbocycles. The Morgan fingerprint density at radius 3 is 1.59 bits per heavy atom. The van der Waals surface area contributed by atoms with Crippen LogP contribution in [0.5, 0.6) is 0 Å². The number of nitrogens with two attached hydrogens (primary N) is 1. The van der Waals surface area contributed by atoms with Crippen molar-refractivity contribution in [2.24, 2.45) is 5.73 Å². The Labute approximate surface area is 353 Å². The number of carbonyl (C=O) groups excluding carboxylic acids is 3. The van der Waals surface area contributed by atoms with Crippen molar-refractivity contribution in [3.05, 3.63) is 97.2 Å². The monoisotopic (exact) mass is 845 g/mol. The summed E-state index contributed by atoms with van der Waals surface area (Å²) in [7, 11) is -4.76. The number of phosphoric acid groups is 1. The first-order valence-corrected chi connectivity index (χ1v) is 22.7. The van der Waals surface area contributed by atoms with Gasteiger partial charge in [0.2, 0.25) is 0 Å². The smallest absolute Gasteiger partial charge is 0.472 e. The number of carboxylic acid groups (broad SMARTS) is 1. The molecule has 0 bridgehead atoms. The highest BCUT2D eigenvalue weighted by molar-refractivity contribution is 7.47. The van der Waals surface area contributed by atoms with Gasteiger partial charge in [0.15, 0.2) is 11.9 Å². The Morgan fingerprint density at radius 2 is 1.05 bits per heavy atom. The van der Waals surface area contributed by atoms with Gasteiger partial charge in [-0.15, -0.1) is 0 Å². The molecule has 4 N–H and O–H groups in total. The predicted octanol–water partition coefficient (Wildman–Crippen LogP) is 10.5. The maximum absolute atomic E-state index is 12.6. The van der Waals surface area contributed by atoms with E-state index in [9.17, 15) is 28.6 Å². The zero-order valence-corrected chi connectivity index (χ0v) is 36.4. The normalized spacial score (nSPS) is 14.6. The second-order valence-corrected chi connectivity index (χ2v) is 15.3. The molecule has 0 spiro atoms. The largest absolute Gasteiger partial charge is 0.480 e. The lowest BCUT2D eigenvalue weighted by Gasteiger charge is -2.20. The SMILES string of the molecule is CCCCC/C=C\C/C=C\C/C=C\C/C=C\CCCC(=O)OC[C@H](COP(=O)(O)OC[C@H](N)C(=O)O)OC(=O)CCC/C=C\C/C=C\C/C=C\C=C\C(=O)CCCCC. The Kier molecular flexibility index (Phi) is 36.9. The summed E-state index contributed by atoms with van der Waals surface area (Å²) in [6.45, 7) is 2.46. The first-order chi connectivity index (χ1) is 28.5. The molecule has 0 aromatic heterocycles. The van der Waals surface area contributed by atoms with E-state index in [1.54, 1.807) is 12.2 Å². The molecule has 0 aromatic rings. The molecular weight excluding hydrogens is 773 g/mol. The van der Waals surface area contributed by atoms with Crippen LogP contribution in [0.1, 0.15) is 136 Å². The van der Waals surface area contributed by atoms with Gasteiger partial charge in [0.05, 0.1) is 13.2 Å². The van der Waals surface area contributed by atoms with Gasteiger partial charge in [-0.05, 0) is 83.1 Å². The standard InChI is InChI=1S/C46H72NO11P/c1-3-5-7-8-9-10-11-12-13-14-15-16-19-22-25-28-32-36-44(49)55-38-42(39-56-59(53,54)57-40-43(47)46(51)52)58-45(50)37-33-29-26-23-20-17-18-21-24-27-31-35-41(48)34-30-6-4-2/h9-10,12-13,15-18,22-27,31,35,42-43H,3-8,11,14,19-21,28-30,32-34,36-40,47H2,1-2H3,(H,51,52)(H,53,54)/b10-9-,13-12-,16-15-,18-17-,25-22-,26-23-,27-24-,35-31+/t42-,43+/m1/s1. The van der Waals surface area contributed by atoms with Crippen molar-refractivity contribution in [3.8, 4) is 0 Å². The number of carbonyl (C=O) groups is 4. The van der Waals surface area contributed by atoms with Crippen molar-refractivity contribution >= 4 is 31.5 Å². The van der Waals surface area contributed by atoms with Gasteiger partial charge < -0.3 is 25.2 Å². The molecule has 0 radical (unpaired) electrons. The summed E-state index contributed by atoms with van der Waals surface area (Å²) in [5.41, 5.74) is 5.32. The number of hydrogen-bond donors (Lipinski definition) is 3. The van der Waals surface area contributed by atoms with E-state index in [1.807, 2.05) is 48.6 Å². The van der Waals surface area contributed by atoms with Gasteiger partial charge in [0.1, 0.15) is 12.6 Å². The molecule has 0 heterocycles. The second-order valence-electron chi connectivity index (χ2n) is 13.8. The van der Waals surface area contributed by atoms with E-state index >= 15 is 0 Å². The van der Waals surface area contributed by atoms with Crippen LogP contribution in [-0.4, -0.2) is 65.7 Å². The molecule has 332 valence electrons. The van der Waals surface area contributed by atoms with Crippen LogP contribution in [0.2, 0.25) is 0 Å². The lowest BCUT2D eigenvalue weighted by molar-refractivity contribution is -0.161. The fourth-order valence-electron chi connectivity index (χ4n) is 4.89. The van der Waals surface area contributed by atoms with E-state index in [0.29, 0.717) is 32.1 Å². The average Bonchev–Trinajstić information content (AvgIpc) is 3.20. The number of phosphoric ester groups is 1. The predicted molar refractivity (Wildman–Crippen MR) is 235 cm³/mol. The molecular formula is C46H72NO11P. The van der Waals surface area contributed by atoms with Crippen LogP contribution in [0.3, 0.4) is 0 Å². The number of allylic oxidation sites excluding steroid dienone is 16. The van der Waals surface area contributed by atoms with E-state index in [4.69, 9.17) is 24.8 Å². The fraction of sp³-hybridized carbons (Fsp3) is 0.565. The first kappa shape index (κ1) is 55.1. The van der Waals surface area contributed by atoms with Gasteiger partial charge in [-0.2, -0.15) is 0 Å². The van der Waals surface area contributed by atoms with Crippen molar-refractivity contribution < 1.29 is 52.3 Å². The van der Waals surface area contributed by atoms with Crippen molar-refractivity contribution in [1.82, 2.24) is 0 Å². The zero-order valence-electron chi connectivity index (χ0n) is 35.5. The van der Waals surface area contributed by atoms with Gasteiger partial charge in [-0.25, -0.2) is 4.57 Å². The molecule has 0 saturated heterocycles. The van der Waals surface area contributed by atoms with Crippen LogP contribution in [0, 0.1) is 0 Å². The highest BCUT2D eigenvalue weighted by Crippen LogP contribution is 2.43. The average molecular weight is 846 g/mol. The van der Waals surface area contributed by atoms with Gasteiger partial charge in [-0.3, -0.25) is 28.2 Å². The first-order valence-electron chi connectivity index (χ1n) is 21.2. The van der Waals surface area contributed by atoms with Crippen molar-refractivity contribution in [2.45, 2.75) is 148 Å². The maximum atomic E-state index is 12.6. The van der Waals surface area contributed by atoms with Crippen LogP contribution in [0.15, 0.2) is 97.2 Å². The molecule has 0 amide bonds. The maximum Gasteiger partial charge on any atom is 0.472 e. The van der Waals surface area contributed by atoms with Crippen molar-refractivity contribution in [3.63, 3.8) is 0 Å². The van der Waals surface area contributed by atoms with Gasteiger partial charge >= 0.3 is 25.7 Å². The van der Waals surface area contributed by atoms with E-state index < -0.39 is 57.7 Å². The third kappa shape index (κ3) is 39.3. The highest BCUT2D eigenvalue weighted by atomic mass is 31.2. The van der Waals surface area contributed by atoms with Gasteiger partial charge in [-0.1, -0.05) is 131 Å². The lowest BCUT2D eigenvalue weighted by atomic mass is 10.1. The summed E-state index contributed by atoms with van der Waals surface area (Å²) in [6.07, 6.45) is 46.1. The number of ether oxygens (including phenoxy) is 2. The minimum atomic E-state index is -4.76. The fourth-order valence-corrected chi connectivity index (χ4v) is 5.66. The summed E-state index contributed by atoms with van der Waals surface area (Å²) in [6, 6.07) is -1.55. The van der Waals surface area contributed by atoms with Crippen LogP contribution >= 0.6 is 7.82 Å². The lowest BCUT2D eigenvalue weighted by Crippen LogP contribution is -2.34. The van der Waals surface area contributed by atoms with E-state index in [0.717, 1.165) is 57.8 Å². The molecule has 0 fully saturated rings. The summed E-state index contributed by atoms with van der Waals surface area (Å²) in [5.74, 6) is -2.44. The topological polar surface area (TPSA) is 189 Å². The second kappa shape index (κ2) is 39.5. The minimum Gasteiger partial charge on any atom is -0.480 e. The molecule has 1 unspecified atom stereocenters. The molecule has 0 saturated carbocycles. The summed E-state index contributed by atoms with van der Waals surface area (Å²) >= 11 is 0. The number of aliphatic carboxylic acids is 1. The highest BCUT2D eigenvalue weighted by Gasteiger charge is 2.28. The van der Waals surface area contributed by atoms with Crippen LogP contribution in [0.25, 0.3) is 0 Å². The summed E-state index contributed by atoms with van der Waals surface area (Å²) < 4.78 is 32.5. The van der Waals surface area contributed by atoms with Crippen LogP contribution in [-0.2, 0) is 42.3 Å². The molecule has 12 nitrogen and oxygen atoms in total. The Morgan fingerprint density at radius 1 is 0.576 bits per heavy atom. The molecule has 0 aromatic carbocycles.